The zero-order valence-electron chi connectivity index (χ0n) is 14.1. The second-order valence-electron chi connectivity index (χ2n) is 6.07. The number of aliphatic hydroxyl groups excluding tert-OH is 2. The van der Waals surface area contributed by atoms with Gasteiger partial charge in [0.2, 0.25) is 0 Å². The number of aliphatic carboxylic acids is 1. The largest absolute Gasteiger partial charge is 0.550 e. The van der Waals surface area contributed by atoms with E-state index < -0.39 is 5.97 Å². The first-order chi connectivity index (χ1) is 9.89. The highest BCUT2D eigenvalue weighted by molar-refractivity contribution is 5.63. The monoisotopic (exact) mass is 305 g/mol. The molecule has 0 fully saturated rings. The Bertz CT molecular complexity index is 224. The van der Waals surface area contributed by atoms with Crippen LogP contribution in [0.1, 0.15) is 58.3 Å². The number of rotatable bonds is 12. The van der Waals surface area contributed by atoms with Gasteiger partial charge in [0.15, 0.2) is 0 Å². The molecule has 0 aromatic heterocycles. The van der Waals surface area contributed by atoms with E-state index in [2.05, 4.69) is 6.92 Å². The van der Waals surface area contributed by atoms with Crippen LogP contribution in [0.15, 0.2) is 0 Å². The summed E-state index contributed by atoms with van der Waals surface area (Å²) in [5.74, 6) is -0.913. The Kier molecular flexibility index (Phi) is 17.0. The number of carbonyl (C=O) groups is 1. The maximum Gasteiger partial charge on any atom is 0.102 e. The molecule has 0 bridgehead atoms. The van der Waals surface area contributed by atoms with Gasteiger partial charge in [-0.3, -0.25) is 0 Å². The van der Waals surface area contributed by atoms with Crippen molar-refractivity contribution in [3.05, 3.63) is 0 Å². The summed E-state index contributed by atoms with van der Waals surface area (Å²) in [6.07, 6.45) is 8.34. The molecule has 0 aliphatic heterocycles. The second kappa shape index (κ2) is 15.7. The molecule has 5 nitrogen and oxygen atoms in total. The third kappa shape index (κ3) is 21.8. The van der Waals surface area contributed by atoms with E-state index in [0.717, 1.165) is 12.8 Å². The average Bonchev–Trinajstić information content (AvgIpc) is 2.38. The first kappa shape index (κ1) is 22.6. The maximum absolute atomic E-state index is 10.0. The van der Waals surface area contributed by atoms with E-state index >= 15 is 0 Å². The fraction of sp³-hybridized carbons (Fsp3) is 0.938. The number of hydrogen-bond donors (Lipinski definition) is 2. The minimum atomic E-state index is -0.913. The van der Waals surface area contributed by atoms with E-state index in [1.165, 1.54) is 32.1 Å². The van der Waals surface area contributed by atoms with Crippen molar-refractivity contribution in [3.8, 4) is 0 Å². The summed E-state index contributed by atoms with van der Waals surface area (Å²) < 4.78 is 0.688. The van der Waals surface area contributed by atoms with Crippen LogP contribution in [0.3, 0.4) is 0 Å². The standard InChI is InChI=1S/C10H20O2.C6H16NO2/c1-2-3-4-5-6-7-8-9-10(11)12;1-7(2,3-5-8)4-6-9/h2-9H2,1H3,(H,11,12);8-9H,3-6H2,1-2H3/q;+1/p-1. The molecule has 5 heteroatoms. The Labute approximate surface area is 130 Å². The summed E-state index contributed by atoms with van der Waals surface area (Å²) in [6.45, 7) is 3.98. The summed E-state index contributed by atoms with van der Waals surface area (Å²) in [7, 11) is 3.96. The molecule has 0 saturated heterocycles. The van der Waals surface area contributed by atoms with Crippen molar-refractivity contribution < 1.29 is 24.6 Å². The summed E-state index contributed by atoms with van der Waals surface area (Å²) >= 11 is 0. The van der Waals surface area contributed by atoms with Crippen LogP contribution in [0.2, 0.25) is 0 Å². The molecule has 2 N–H and O–H groups in total. The summed E-state index contributed by atoms with van der Waals surface area (Å²) in [5, 5.41) is 27.1. The number of carboxylic acid groups (broad SMARTS) is 1. The number of likely N-dealkylation sites (N-methyl/N-ethyl adjacent to an activating group) is 1. The molecule has 128 valence electrons. The highest BCUT2D eigenvalue weighted by Gasteiger charge is 2.11. The minimum Gasteiger partial charge on any atom is -0.550 e. The smallest absolute Gasteiger partial charge is 0.102 e. The van der Waals surface area contributed by atoms with Gasteiger partial charge in [0.25, 0.3) is 0 Å². The number of hydrogen-bond acceptors (Lipinski definition) is 4. The van der Waals surface area contributed by atoms with E-state index in [1.807, 2.05) is 14.1 Å². The quantitative estimate of drug-likeness (QED) is 0.415. The first-order valence-corrected chi connectivity index (χ1v) is 8.13. The maximum atomic E-state index is 10.0. The SMILES string of the molecule is CCCCCCCCCC(=O)[O-].C[N+](C)(CCO)CCO. The molecule has 0 aromatic carbocycles. The molecule has 0 unspecified atom stereocenters. The van der Waals surface area contributed by atoms with Crippen LogP contribution in [-0.2, 0) is 4.79 Å². The lowest BCUT2D eigenvalue weighted by molar-refractivity contribution is -0.890. The van der Waals surface area contributed by atoms with Gasteiger partial charge in [0, 0.05) is 5.97 Å². The Hall–Kier alpha value is -0.650. The van der Waals surface area contributed by atoms with Gasteiger partial charge in [-0.25, -0.2) is 0 Å². The third-order valence-electron chi connectivity index (χ3n) is 3.40. The van der Waals surface area contributed by atoms with Crippen LogP contribution < -0.4 is 5.11 Å². The molecular formula is C16H35NO4. The molecule has 0 aliphatic carbocycles. The molecule has 0 radical (unpaired) electrons. The van der Waals surface area contributed by atoms with Gasteiger partial charge in [0.1, 0.15) is 13.1 Å². The molecular weight excluding hydrogens is 270 g/mol. The molecule has 0 rings (SSSR count). The van der Waals surface area contributed by atoms with Crippen molar-refractivity contribution in [2.45, 2.75) is 58.3 Å². The van der Waals surface area contributed by atoms with Gasteiger partial charge in [0.05, 0.1) is 27.3 Å². The van der Waals surface area contributed by atoms with Crippen LogP contribution in [0.25, 0.3) is 0 Å². The fourth-order valence-electron chi connectivity index (χ4n) is 1.88. The van der Waals surface area contributed by atoms with E-state index in [1.54, 1.807) is 0 Å². The number of aliphatic hydroxyl groups is 2. The van der Waals surface area contributed by atoms with Crippen LogP contribution in [-0.4, -0.2) is 61.1 Å². The van der Waals surface area contributed by atoms with Crippen molar-refractivity contribution in [2.24, 2.45) is 0 Å². The van der Waals surface area contributed by atoms with Gasteiger partial charge >= 0.3 is 0 Å². The predicted molar refractivity (Wildman–Crippen MR) is 83.6 cm³/mol. The van der Waals surface area contributed by atoms with E-state index in [4.69, 9.17) is 10.2 Å². The Morgan fingerprint density at radius 3 is 1.71 bits per heavy atom. The van der Waals surface area contributed by atoms with Crippen LogP contribution in [0, 0.1) is 0 Å². The third-order valence-corrected chi connectivity index (χ3v) is 3.40. The topological polar surface area (TPSA) is 80.6 Å². The normalized spacial score (nSPS) is 10.9. The zero-order chi connectivity index (χ0) is 16.6. The van der Waals surface area contributed by atoms with Gasteiger partial charge in [-0.05, 0) is 12.8 Å². The van der Waals surface area contributed by atoms with Gasteiger partial charge < -0.3 is 24.6 Å². The van der Waals surface area contributed by atoms with Gasteiger partial charge in [-0.2, -0.15) is 0 Å². The highest BCUT2D eigenvalue weighted by Crippen LogP contribution is 2.07. The van der Waals surface area contributed by atoms with Crippen LogP contribution >= 0.6 is 0 Å². The summed E-state index contributed by atoms with van der Waals surface area (Å²) in [5.41, 5.74) is 0. The minimum absolute atomic E-state index is 0.188. The van der Waals surface area contributed by atoms with E-state index in [-0.39, 0.29) is 19.6 Å². The molecule has 21 heavy (non-hydrogen) atoms. The number of carbonyl (C=O) groups excluding carboxylic acids is 1. The number of quaternary nitrogens is 1. The lowest BCUT2D eigenvalue weighted by Crippen LogP contribution is -2.43. The molecule has 0 aromatic rings. The van der Waals surface area contributed by atoms with Crippen molar-refractivity contribution in [1.82, 2.24) is 0 Å². The van der Waals surface area contributed by atoms with E-state index in [0.29, 0.717) is 17.6 Å². The number of carboxylic acids is 1. The Morgan fingerprint density at radius 2 is 1.33 bits per heavy atom. The van der Waals surface area contributed by atoms with Crippen LogP contribution in [0.4, 0.5) is 0 Å². The van der Waals surface area contributed by atoms with Crippen molar-refractivity contribution in [2.75, 3.05) is 40.4 Å². The van der Waals surface area contributed by atoms with Crippen molar-refractivity contribution >= 4 is 5.97 Å². The first-order valence-electron chi connectivity index (χ1n) is 8.13. The number of nitrogens with zero attached hydrogens (tertiary/aromatic N) is 1. The summed E-state index contributed by atoms with van der Waals surface area (Å²) in [4.78, 5) is 10.0. The zero-order valence-corrected chi connectivity index (χ0v) is 14.1. The molecule has 0 amide bonds. The number of unbranched alkanes of at least 4 members (excludes halogenated alkanes) is 6. The predicted octanol–water partition coefficient (Wildman–Crippen LogP) is 0.924. The van der Waals surface area contributed by atoms with Crippen molar-refractivity contribution in [3.63, 3.8) is 0 Å². The molecule has 0 heterocycles. The van der Waals surface area contributed by atoms with Gasteiger partial charge in [-0.15, -0.1) is 0 Å². The molecule has 0 atom stereocenters. The highest BCUT2D eigenvalue weighted by atomic mass is 16.4. The Balaban J connectivity index is 0. The molecule has 0 aliphatic rings. The lowest BCUT2D eigenvalue weighted by Gasteiger charge is -2.27. The average molecular weight is 305 g/mol. The lowest BCUT2D eigenvalue weighted by atomic mass is 10.1. The van der Waals surface area contributed by atoms with E-state index in [9.17, 15) is 9.90 Å². The second-order valence-corrected chi connectivity index (χ2v) is 6.07. The van der Waals surface area contributed by atoms with Crippen LogP contribution in [0.5, 0.6) is 0 Å². The Morgan fingerprint density at radius 1 is 0.905 bits per heavy atom. The van der Waals surface area contributed by atoms with Crippen molar-refractivity contribution in [1.29, 1.82) is 0 Å². The fourth-order valence-corrected chi connectivity index (χ4v) is 1.88. The molecule has 0 spiro atoms. The molecule has 0 saturated carbocycles. The summed E-state index contributed by atoms with van der Waals surface area (Å²) in [6, 6.07) is 0. The van der Waals surface area contributed by atoms with Gasteiger partial charge in [-0.1, -0.05) is 45.4 Å².